The molecule has 0 saturated carbocycles. The van der Waals surface area contributed by atoms with Gasteiger partial charge >= 0.3 is 6.03 Å². The minimum Gasteiger partial charge on any atom is -0.308 e. The van der Waals surface area contributed by atoms with Gasteiger partial charge in [0.15, 0.2) is 10.9 Å². The average molecular weight is 301 g/mol. The zero-order chi connectivity index (χ0) is 14.8. The average Bonchev–Trinajstić information content (AvgIpc) is 2.85. The summed E-state index contributed by atoms with van der Waals surface area (Å²) < 4.78 is 0. The van der Waals surface area contributed by atoms with Crippen molar-refractivity contribution in [2.75, 3.05) is 10.6 Å². The first-order valence-corrected chi connectivity index (χ1v) is 7.61. The van der Waals surface area contributed by atoms with E-state index in [2.05, 4.69) is 15.6 Å². The van der Waals surface area contributed by atoms with Crippen LogP contribution in [0.5, 0.6) is 0 Å². The molecule has 0 spiro atoms. The third-order valence-corrected chi connectivity index (χ3v) is 4.35. The Bertz CT molecular complexity index is 691. The van der Waals surface area contributed by atoms with E-state index >= 15 is 0 Å². The van der Waals surface area contributed by atoms with Crippen LogP contribution in [0.3, 0.4) is 0 Å². The molecule has 108 valence electrons. The Hall–Kier alpha value is -2.21. The van der Waals surface area contributed by atoms with Gasteiger partial charge in [-0.25, -0.2) is 9.78 Å². The van der Waals surface area contributed by atoms with Crippen molar-refractivity contribution in [3.63, 3.8) is 0 Å². The third-order valence-electron chi connectivity index (χ3n) is 3.30. The largest absolute Gasteiger partial charge is 0.325 e. The van der Waals surface area contributed by atoms with Gasteiger partial charge in [0, 0.05) is 12.1 Å². The Morgan fingerprint density at radius 2 is 1.95 bits per heavy atom. The number of nitrogens with one attached hydrogen (secondary N) is 2. The van der Waals surface area contributed by atoms with Crippen molar-refractivity contribution in [1.29, 1.82) is 0 Å². The van der Waals surface area contributed by atoms with Crippen molar-refractivity contribution in [2.24, 2.45) is 0 Å². The number of nitrogens with zero attached hydrogens (tertiary/aromatic N) is 1. The van der Waals surface area contributed by atoms with Gasteiger partial charge in [-0.2, -0.15) is 0 Å². The lowest BCUT2D eigenvalue weighted by atomic mass is 10.0. The second-order valence-electron chi connectivity index (χ2n) is 5.02. The molecule has 5 nitrogen and oxygen atoms in total. The first kappa shape index (κ1) is 13.8. The number of benzene rings is 1. The Kier molecular flexibility index (Phi) is 3.70. The van der Waals surface area contributed by atoms with Crippen LogP contribution in [0.25, 0.3) is 0 Å². The molecule has 1 aromatic heterocycles. The van der Waals surface area contributed by atoms with E-state index in [4.69, 9.17) is 0 Å². The standard InChI is InChI=1S/C15H15N3O2S/c1-9-5-7-10(8-6-9)16-14(20)18-15-17-11-3-2-4-12(19)13(11)21-15/h5-8H,2-4H2,1H3,(H2,16,17,18,20). The van der Waals surface area contributed by atoms with Crippen molar-refractivity contribution < 1.29 is 9.59 Å². The maximum absolute atomic E-state index is 11.9. The number of carbonyl (C=O) groups excluding carboxylic acids is 2. The van der Waals surface area contributed by atoms with Gasteiger partial charge in [-0.15, -0.1) is 0 Å². The molecular weight excluding hydrogens is 286 g/mol. The number of hydrogen-bond acceptors (Lipinski definition) is 4. The van der Waals surface area contributed by atoms with Crippen LogP contribution < -0.4 is 10.6 Å². The Morgan fingerprint density at radius 1 is 1.19 bits per heavy atom. The highest BCUT2D eigenvalue weighted by atomic mass is 32.1. The Morgan fingerprint density at radius 3 is 2.67 bits per heavy atom. The van der Waals surface area contributed by atoms with Gasteiger partial charge in [0.25, 0.3) is 0 Å². The number of urea groups is 1. The van der Waals surface area contributed by atoms with Crippen LogP contribution in [-0.2, 0) is 6.42 Å². The number of rotatable bonds is 2. The summed E-state index contributed by atoms with van der Waals surface area (Å²) in [6.07, 6.45) is 2.22. The third kappa shape index (κ3) is 3.11. The lowest BCUT2D eigenvalue weighted by molar-refractivity contribution is 0.0976. The van der Waals surface area contributed by atoms with Crippen LogP contribution in [-0.4, -0.2) is 16.8 Å². The summed E-state index contributed by atoms with van der Waals surface area (Å²) in [5, 5.41) is 5.90. The van der Waals surface area contributed by atoms with Crippen LogP contribution in [0.2, 0.25) is 0 Å². The molecule has 0 bridgehead atoms. The number of Topliss-reactive ketones (excluding diaryl/α,β-unsaturated/α-hetero) is 1. The minimum atomic E-state index is -0.350. The number of thiazole rings is 1. The summed E-state index contributed by atoms with van der Waals surface area (Å²) in [6.45, 7) is 1.99. The summed E-state index contributed by atoms with van der Waals surface area (Å²) in [5.74, 6) is 0.126. The van der Waals surface area contributed by atoms with E-state index in [-0.39, 0.29) is 11.8 Å². The van der Waals surface area contributed by atoms with Crippen LogP contribution in [0, 0.1) is 6.92 Å². The van der Waals surface area contributed by atoms with Gasteiger partial charge < -0.3 is 5.32 Å². The van der Waals surface area contributed by atoms with E-state index in [1.807, 2.05) is 31.2 Å². The summed E-state index contributed by atoms with van der Waals surface area (Å²) >= 11 is 1.25. The minimum absolute atomic E-state index is 0.126. The first-order valence-electron chi connectivity index (χ1n) is 6.79. The van der Waals surface area contributed by atoms with Crippen molar-refractivity contribution in [2.45, 2.75) is 26.2 Å². The number of fused-ring (bicyclic) bond motifs is 1. The maximum Gasteiger partial charge on any atom is 0.325 e. The van der Waals surface area contributed by atoms with Gasteiger partial charge in [0.2, 0.25) is 0 Å². The number of carbonyl (C=O) groups is 2. The van der Waals surface area contributed by atoms with Crippen molar-refractivity contribution in [3.05, 3.63) is 40.4 Å². The van der Waals surface area contributed by atoms with E-state index in [1.54, 1.807) is 0 Å². The zero-order valence-corrected chi connectivity index (χ0v) is 12.4. The lowest BCUT2D eigenvalue weighted by Crippen LogP contribution is -2.19. The van der Waals surface area contributed by atoms with Crippen molar-refractivity contribution in [1.82, 2.24) is 4.98 Å². The summed E-state index contributed by atoms with van der Waals surface area (Å²) in [6, 6.07) is 7.18. The molecule has 0 saturated heterocycles. The second kappa shape index (κ2) is 5.65. The summed E-state index contributed by atoms with van der Waals surface area (Å²) in [5.41, 5.74) is 2.66. The molecule has 6 heteroatoms. The maximum atomic E-state index is 11.9. The number of hydrogen-bond donors (Lipinski definition) is 2. The molecule has 3 rings (SSSR count). The second-order valence-corrected chi connectivity index (χ2v) is 6.02. The fraction of sp³-hybridized carbons (Fsp3) is 0.267. The molecule has 1 aromatic carbocycles. The number of aryl methyl sites for hydroxylation is 2. The molecule has 21 heavy (non-hydrogen) atoms. The van der Waals surface area contributed by atoms with Crippen LogP contribution in [0.4, 0.5) is 15.6 Å². The predicted octanol–water partition coefficient (Wildman–Crippen LogP) is 3.61. The Labute approximate surface area is 126 Å². The van der Waals surface area contributed by atoms with Gasteiger partial charge in [-0.05, 0) is 31.9 Å². The van der Waals surface area contributed by atoms with Gasteiger partial charge in [-0.3, -0.25) is 10.1 Å². The molecule has 0 unspecified atom stereocenters. The topological polar surface area (TPSA) is 71.1 Å². The number of anilines is 2. The SMILES string of the molecule is Cc1ccc(NC(=O)Nc2nc3c(s2)C(=O)CCC3)cc1. The lowest BCUT2D eigenvalue weighted by Gasteiger charge is -2.06. The molecule has 0 aliphatic heterocycles. The number of aromatic nitrogens is 1. The molecule has 2 N–H and O–H groups in total. The molecule has 0 atom stereocenters. The molecule has 1 heterocycles. The van der Waals surface area contributed by atoms with Crippen molar-refractivity contribution >= 4 is 34.0 Å². The van der Waals surface area contributed by atoms with Gasteiger partial charge in [-0.1, -0.05) is 29.0 Å². The van der Waals surface area contributed by atoms with Gasteiger partial charge in [0.05, 0.1) is 10.6 Å². The van der Waals surface area contributed by atoms with Crippen LogP contribution >= 0.6 is 11.3 Å². The van der Waals surface area contributed by atoms with Crippen LogP contribution in [0.1, 0.15) is 33.8 Å². The molecule has 0 fully saturated rings. The number of amides is 2. The highest BCUT2D eigenvalue weighted by Gasteiger charge is 2.22. The molecule has 2 amide bonds. The molecule has 2 aromatic rings. The van der Waals surface area contributed by atoms with Gasteiger partial charge in [0.1, 0.15) is 0 Å². The molecule has 0 radical (unpaired) electrons. The van der Waals surface area contributed by atoms with E-state index in [0.29, 0.717) is 16.4 Å². The summed E-state index contributed by atoms with van der Waals surface area (Å²) in [4.78, 5) is 28.7. The first-order chi connectivity index (χ1) is 10.1. The zero-order valence-electron chi connectivity index (χ0n) is 11.6. The summed E-state index contributed by atoms with van der Waals surface area (Å²) in [7, 11) is 0. The molecular formula is C15H15N3O2S. The predicted molar refractivity (Wildman–Crippen MR) is 83.2 cm³/mol. The highest BCUT2D eigenvalue weighted by Crippen LogP contribution is 2.29. The van der Waals surface area contributed by atoms with E-state index in [1.165, 1.54) is 11.3 Å². The smallest absolute Gasteiger partial charge is 0.308 e. The monoisotopic (exact) mass is 301 g/mol. The van der Waals surface area contributed by atoms with E-state index in [0.717, 1.165) is 29.8 Å². The quantitative estimate of drug-likeness (QED) is 0.890. The normalized spacial score (nSPS) is 13.7. The van der Waals surface area contributed by atoms with E-state index in [9.17, 15) is 9.59 Å². The highest BCUT2D eigenvalue weighted by molar-refractivity contribution is 7.17. The van der Waals surface area contributed by atoms with E-state index < -0.39 is 0 Å². The fourth-order valence-electron chi connectivity index (χ4n) is 2.22. The number of ketones is 1. The molecule has 1 aliphatic rings. The fourth-order valence-corrected chi connectivity index (χ4v) is 3.19. The Balaban J connectivity index is 1.67. The van der Waals surface area contributed by atoms with Crippen LogP contribution in [0.15, 0.2) is 24.3 Å². The molecule has 1 aliphatic carbocycles. The van der Waals surface area contributed by atoms with Crippen molar-refractivity contribution in [3.8, 4) is 0 Å².